The summed E-state index contributed by atoms with van der Waals surface area (Å²) in [7, 11) is 1.64. The van der Waals surface area contributed by atoms with Crippen molar-refractivity contribution in [3.63, 3.8) is 0 Å². The highest BCUT2D eigenvalue weighted by Gasteiger charge is 2.54. The van der Waals surface area contributed by atoms with E-state index in [2.05, 4.69) is 10.9 Å². The summed E-state index contributed by atoms with van der Waals surface area (Å²) in [6.45, 7) is 5.22. The van der Waals surface area contributed by atoms with Crippen molar-refractivity contribution in [3.8, 4) is 0 Å². The number of rotatable bonds is 3. The van der Waals surface area contributed by atoms with Crippen molar-refractivity contribution in [1.82, 2.24) is 4.90 Å². The average molecular weight is 473 g/mol. The first-order valence-corrected chi connectivity index (χ1v) is 11.5. The maximum Gasteiger partial charge on any atom is 0.417 e. The molecule has 4 bridgehead atoms. The van der Waals surface area contributed by atoms with Crippen LogP contribution in [0.1, 0.15) is 76.0 Å². The van der Waals surface area contributed by atoms with Gasteiger partial charge in [-0.2, -0.15) is 26.3 Å². The molecule has 0 heterocycles. The summed E-state index contributed by atoms with van der Waals surface area (Å²) in [4.78, 5) is 5.94. The first-order valence-electron chi connectivity index (χ1n) is 11.5. The Morgan fingerprint density at radius 3 is 1.67 bits per heavy atom. The van der Waals surface area contributed by atoms with Gasteiger partial charge >= 0.3 is 12.4 Å². The van der Waals surface area contributed by atoms with Crippen LogP contribution in [0.5, 0.6) is 0 Å². The van der Waals surface area contributed by atoms with Crippen molar-refractivity contribution in [2.24, 2.45) is 22.7 Å². The molecule has 1 aromatic carbocycles. The third-order valence-corrected chi connectivity index (χ3v) is 7.46. The Balaban J connectivity index is 1.95. The van der Waals surface area contributed by atoms with Crippen LogP contribution in [-0.2, 0) is 12.4 Å². The molecule has 4 saturated carbocycles. The molecule has 0 aromatic heterocycles. The first-order chi connectivity index (χ1) is 15.1. The fraction of sp³-hybridized carbons (Fsp3) is 0.680. The smallest absolute Gasteiger partial charge is 0.361 e. The molecule has 2 nitrogen and oxygen atoms in total. The summed E-state index contributed by atoms with van der Waals surface area (Å²) in [5, 5.41) is 0. The maximum absolute atomic E-state index is 14.0. The Hall–Kier alpha value is -1.95. The molecule has 0 saturated heterocycles. The normalized spacial score (nSPS) is 29.1. The number of halogens is 6. The summed E-state index contributed by atoms with van der Waals surface area (Å²) in [5.41, 5.74) is -4.87. The highest BCUT2D eigenvalue weighted by molar-refractivity contribution is 5.91. The molecule has 5 rings (SSSR count). The molecule has 0 atom stereocenters. The minimum absolute atomic E-state index is 0.216. The van der Waals surface area contributed by atoms with E-state index in [1.807, 2.05) is 0 Å². The molecule has 4 aliphatic carbocycles. The van der Waals surface area contributed by atoms with Crippen molar-refractivity contribution in [2.75, 3.05) is 7.05 Å². The van der Waals surface area contributed by atoms with Gasteiger partial charge < -0.3 is 4.90 Å². The zero-order chi connectivity index (χ0) is 24.4. The largest absolute Gasteiger partial charge is 0.417 e. The van der Waals surface area contributed by atoms with Crippen LogP contribution in [0.15, 0.2) is 23.2 Å². The fourth-order valence-electron chi connectivity index (χ4n) is 6.51. The zero-order valence-electron chi connectivity index (χ0n) is 19.4. The zero-order valence-corrected chi connectivity index (χ0v) is 19.4. The highest BCUT2D eigenvalue weighted by atomic mass is 19.4. The van der Waals surface area contributed by atoms with Gasteiger partial charge in [-0.15, -0.1) is 0 Å². The van der Waals surface area contributed by atoms with Gasteiger partial charge in [0.2, 0.25) is 0 Å². The van der Waals surface area contributed by atoms with E-state index in [1.165, 1.54) is 0 Å². The molecule has 8 heteroatoms. The predicted molar refractivity (Wildman–Crippen MR) is 116 cm³/mol. The van der Waals surface area contributed by atoms with E-state index in [1.54, 1.807) is 32.7 Å². The number of hydrogen-bond acceptors (Lipinski definition) is 2. The number of benzene rings is 1. The fourth-order valence-corrected chi connectivity index (χ4v) is 6.51. The van der Waals surface area contributed by atoms with E-state index in [0.717, 1.165) is 56.7 Å². The average Bonchev–Trinajstić information content (AvgIpc) is 2.64. The van der Waals surface area contributed by atoms with Crippen LogP contribution in [-0.4, -0.2) is 28.9 Å². The molecule has 182 valence electrons. The molecule has 4 aliphatic rings. The van der Waals surface area contributed by atoms with Gasteiger partial charge in [-0.05, 0) is 89.2 Å². The standard InChI is InChI=1S/C25H30F6N2/c1-22(2,3)32-14-20(21-18(24(26,27)28)6-5-7-19(21)25(29,30)31)33(4)23-11-15-8-16(12-23)10-17(9-15)13-23/h5-7,15-17H,8-13H2,1-4H3. The van der Waals surface area contributed by atoms with Gasteiger partial charge in [0.05, 0.1) is 16.7 Å². The van der Waals surface area contributed by atoms with E-state index in [9.17, 15) is 26.3 Å². The topological polar surface area (TPSA) is 15.6 Å². The summed E-state index contributed by atoms with van der Waals surface area (Å²) in [6, 6.07) is 2.26. The van der Waals surface area contributed by atoms with E-state index >= 15 is 0 Å². The molecule has 0 spiro atoms. The summed E-state index contributed by atoms with van der Waals surface area (Å²) in [6.07, 6.45) is -4.23. The van der Waals surface area contributed by atoms with Crippen LogP contribution in [0.4, 0.5) is 26.3 Å². The molecule has 0 amide bonds. The van der Waals surface area contributed by atoms with E-state index < -0.39 is 40.1 Å². The molecule has 1 aromatic rings. The Bertz CT molecular complexity index is 909. The minimum Gasteiger partial charge on any atom is -0.361 e. The van der Waals surface area contributed by atoms with Crippen LogP contribution in [0, 0.1) is 17.8 Å². The summed E-state index contributed by atoms with van der Waals surface area (Å²) in [5.74, 6) is 4.11. The Morgan fingerprint density at radius 2 is 1.30 bits per heavy atom. The quantitative estimate of drug-likeness (QED) is 0.330. The van der Waals surface area contributed by atoms with Crippen LogP contribution in [0.25, 0.3) is 5.70 Å². The van der Waals surface area contributed by atoms with Crippen LogP contribution >= 0.6 is 0 Å². The summed E-state index contributed by atoms with van der Waals surface area (Å²) < 4.78 is 84.1. The lowest BCUT2D eigenvalue weighted by Crippen LogP contribution is -2.58. The van der Waals surface area contributed by atoms with E-state index in [-0.39, 0.29) is 5.70 Å². The molecular formula is C25H30F6N2. The van der Waals surface area contributed by atoms with Gasteiger partial charge in [0, 0.05) is 24.0 Å². The lowest BCUT2D eigenvalue weighted by atomic mass is 9.52. The second-order valence-electron chi connectivity index (χ2n) is 11.2. The van der Waals surface area contributed by atoms with Gasteiger partial charge in [-0.1, -0.05) is 6.07 Å². The van der Waals surface area contributed by atoms with E-state index in [0.29, 0.717) is 17.8 Å². The first kappa shape index (κ1) is 24.2. The molecular weight excluding hydrogens is 442 g/mol. The van der Waals surface area contributed by atoms with E-state index in [4.69, 9.17) is 0 Å². The second-order valence-corrected chi connectivity index (χ2v) is 11.2. The van der Waals surface area contributed by atoms with Crippen LogP contribution in [0.2, 0.25) is 0 Å². The number of nitrogens with zero attached hydrogens (tertiary/aromatic N) is 2. The van der Waals surface area contributed by atoms with Crippen molar-refractivity contribution in [2.45, 2.75) is 82.7 Å². The second kappa shape index (κ2) is 7.79. The number of alkyl halides is 6. The Kier molecular flexibility index (Phi) is 5.71. The minimum atomic E-state index is -4.95. The molecule has 0 radical (unpaired) electrons. The van der Waals surface area contributed by atoms with Crippen molar-refractivity contribution >= 4 is 11.6 Å². The van der Waals surface area contributed by atoms with Gasteiger partial charge in [-0.25, -0.2) is 4.99 Å². The molecule has 0 N–H and O–H groups in total. The lowest BCUT2D eigenvalue weighted by Gasteiger charge is -2.60. The van der Waals surface area contributed by atoms with Gasteiger partial charge in [-0.3, -0.25) is 0 Å². The molecule has 0 unspecified atom stereocenters. The van der Waals surface area contributed by atoms with Gasteiger partial charge in [0.15, 0.2) is 0 Å². The third kappa shape index (κ3) is 4.68. The van der Waals surface area contributed by atoms with Gasteiger partial charge in [0.25, 0.3) is 0 Å². The van der Waals surface area contributed by atoms with Crippen molar-refractivity contribution in [1.29, 1.82) is 0 Å². The van der Waals surface area contributed by atoms with Crippen LogP contribution < -0.4 is 0 Å². The van der Waals surface area contributed by atoms with Crippen molar-refractivity contribution in [3.05, 3.63) is 34.9 Å². The Morgan fingerprint density at radius 1 is 0.879 bits per heavy atom. The van der Waals surface area contributed by atoms with Crippen LogP contribution in [0.3, 0.4) is 0 Å². The van der Waals surface area contributed by atoms with Gasteiger partial charge in [0.1, 0.15) is 5.70 Å². The third-order valence-electron chi connectivity index (χ3n) is 7.46. The molecule has 33 heavy (non-hydrogen) atoms. The summed E-state index contributed by atoms with van der Waals surface area (Å²) >= 11 is 0. The Labute approximate surface area is 190 Å². The SMILES string of the molecule is CN(C(=C=NC(C)(C)C)c1c(C(F)(F)F)cccc1C(F)(F)F)C12CC3CC(CC(C3)C1)C2. The number of aliphatic imine (C=N–C) groups is 1. The maximum atomic E-state index is 14.0. The lowest BCUT2D eigenvalue weighted by molar-refractivity contribution is -0.143. The number of hydrogen-bond donors (Lipinski definition) is 0. The highest BCUT2D eigenvalue weighted by Crippen LogP contribution is 2.59. The molecule has 4 fully saturated rings. The predicted octanol–water partition coefficient (Wildman–Crippen LogP) is 7.43. The monoisotopic (exact) mass is 472 g/mol. The van der Waals surface area contributed by atoms with Crippen molar-refractivity contribution < 1.29 is 26.3 Å². The molecule has 0 aliphatic heterocycles.